The number of rotatable bonds is 4. The molecule has 0 bridgehead atoms. The molecule has 1 amide bonds. The van der Waals surface area contributed by atoms with Gasteiger partial charge >= 0.3 is 5.97 Å². The monoisotopic (exact) mass is 237 g/mol. The van der Waals surface area contributed by atoms with Gasteiger partial charge in [0, 0.05) is 6.42 Å². The average Bonchev–Trinajstić information content (AvgIpc) is 2.70. The average molecular weight is 237 g/mol. The Hall–Kier alpha value is -1.78. The third kappa shape index (κ3) is 1.92. The van der Waals surface area contributed by atoms with Gasteiger partial charge in [0.2, 0.25) is 0 Å². The summed E-state index contributed by atoms with van der Waals surface area (Å²) in [6.07, 6.45) is 3.87. The molecule has 0 radical (unpaired) electrons. The van der Waals surface area contributed by atoms with Crippen LogP contribution in [0.5, 0.6) is 0 Å². The third-order valence-corrected chi connectivity index (χ3v) is 3.28. The molecular formula is C12H15NO4. The molecule has 1 aliphatic rings. The number of carbonyl (C=O) groups excluding carboxylic acids is 1. The summed E-state index contributed by atoms with van der Waals surface area (Å²) in [5.41, 5.74) is -0.639. The molecule has 2 N–H and O–H groups in total. The summed E-state index contributed by atoms with van der Waals surface area (Å²) >= 11 is 0. The fourth-order valence-electron chi connectivity index (χ4n) is 2.02. The summed E-state index contributed by atoms with van der Waals surface area (Å²) in [7, 11) is 0. The van der Waals surface area contributed by atoms with Crippen molar-refractivity contribution in [2.24, 2.45) is 0 Å². The minimum atomic E-state index is -1.07. The fourth-order valence-corrected chi connectivity index (χ4v) is 2.02. The lowest BCUT2D eigenvalue weighted by molar-refractivity contribution is -0.148. The predicted molar refractivity (Wildman–Crippen MR) is 59.8 cm³/mol. The summed E-state index contributed by atoms with van der Waals surface area (Å²) in [4.78, 5) is 23.1. The number of amides is 1. The molecule has 1 aliphatic carbocycles. The Labute approximate surface area is 98.8 Å². The van der Waals surface area contributed by atoms with E-state index >= 15 is 0 Å². The van der Waals surface area contributed by atoms with Crippen molar-refractivity contribution < 1.29 is 19.1 Å². The summed E-state index contributed by atoms with van der Waals surface area (Å²) in [5.74, 6) is -0.737. The fraction of sp³-hybridized carbons (Fsp3) is 0.500. The van der Waals surface area contributed by atoms with E-state index in [0.717, 1.165) is 6.42 Å². The molecule has 5 heteroatoms. The lowest BCUT2D eigenvalue weighted by atomic mass is 9.76. The number of carboxylic acid groups (broad SMARTS) is 1. The molecule has 0 unspecified atom stereocenters. The highest BCUT2D eigenvalue weighted by Gasteiger charge is 2.46. The minimum absolute atomic E-state index is 0.363. The van der Waals surface area contributed by atoms with E-state index in [1.165, 1.54) is 6.26 Å². The largest absolute Gasteiger partial charge is 0.480 e. The normalized spacial score (nSPS) is 17.2. The van der Waals surface area contributed by atoms with Gasteiger partial charge in [-0.25, -0.2) is 4.79 Å². The Balaban J connectivity index is 2.14. The van der Waals surface area contributed by atoms with E-state index in [1.807, 2.05) is 6.92 Å². The van der Waals surface area contributed by atoms with Gasteiger partial charge in [-0.15, -0.1) is 0 Å². The first kappa shape index (κ1) is 11.7. The van der Waals surface area contributed by atoms with Crippen LogP contribution in [-0.2, 0) is 11.2 Å². The van der Waals surface area contributed by atoms with Crippen molar-refractivity contribution in [1.29, 1.82) is 0 Å². The van der Waals surface area contributed by atoms with Gasteiger partial charge in [0.15, 0.2) is 0 Å². The quantitative estimate of drug-likeness (QED) is 0.833. The van der Waals surface area contributed by atoms with Crippen molar-refractivity contribution in [3.63, 3.8) is 0 Å². The molecular weight excluding hydrogens is 222 g/mol. The minimum Gasteiger partial charge on any atom is -0.480 e. The van der Waals surface area contributed by atoms with E-state index in [2.05, 4.69) is 5.32 Å². The van der Waals surface area contributed by atoms with Gasteiger partial charge in [-0.2, -0.15) is 0 Å². The zero-order valence-corrected chi connectivity index (χ0v) is 9.66. The first-order chi connectivity index (χ1) is 8.09. The SMILES string of the molecule is CCc1occc1C(=O)NC1(C(=O)O)CCC1. The van der Waals surface area contributed by atoms with Gasteiger partial charge in [-0.05, 0) is 25.3 Å². The zero-order chi connectivity index (χ0) is 12.5. The summed E-state index contributed by atoms with van der Waals surface area (Å²) < 4.78 is 5.15. The molecule has 0 aliphatic heterocycles. The summed E-state index contributed by atoms with van der Waals surface area (Å²) in [6.45, 7) is 1.88. The molecule has 1 aromatic heterocycles. The smallest absolute Gasteiger partial charge is 0.329 e. The van der Waals surface area contributed by atoms with Gasteiger partial charge in [0.1, 0.15) is 11.3 Å². The van der Waals surface area contributed by atoms with Crippen LogP contribution in [0.25, 0.3) is 0 Å². The zero-order valence-electron chi connectivity index (χ0n) is 9.66. The number of aryl methyl sites for hydroxylation is 1. The molecule has 0 atom stereocenters. The highest BCUT2D eigenvalue weighted by atomic mass is 16.4. The molecule has 1 heterocycles. The van der Waals surface area contributed by atoms with E-state index in [4.69, 9.17) is 9.52 Å². The molecule has 0 spiro atoms. The van der Waals surface area contributed by atoms with Crippen LogP contribution in [0.3, 0.4) is 0 Å². The molecule has 1 fully saturated rings. The van der Waals surface area contributed by atoms with Crippen molar-refractivity contribution in [2.75, 3.05) is 0 Å². The highest BCUT2D eigenvalue weighted by molar-refractivity contribution is 5.98. The van der Waals surface area contributed by atoms with Crippen LogP contribution in [0.4, 0.5) is 0 Å². The van der Waals surface area contributed by atoms with Gasteiger partial charge in [-0.1, -0.05) is 6.92 Å². The Morgan fingerprint density at radius 2 is 2.24 bits per heavy atom. The Bertz CT molecular complexity index is 445. The molecule has 17 heavy (non-hydrogen) atoms. The standard InChI is InChI=1S/C12H15NO4/c1-2-9-8(4-7-17-9)10(14)13-12(11(15)16)5-3-6-12/h4,7H,2-3,5-6H2,1H3,(H,13,14)(H,15,16). The maximum Gasteiger partial charge on any atom is 0.329 e. The number of furan rings is 1. The maximum atomic E-state index is 12.0. The molecule has 1 saturated carbocycles. The van der Waals surface area contributed by atoms with Crippen molar-refractivity contribution >= 4 is 11.9 Å². The molecule has 1 aromatic rings. The van der Waals surface area contributed by atoms with Crippen molar-refractivity contribution in [2.45, 2.75) is 38.1 Å². The molecule has 5 nitrogen and oxygen atoms in total. The van der Waals surface area contributed by atoms with Crippen LogP contribution in [0, 0.1) is 0 Å². The van der Waals surface area contributed by atoms with Crippen LogP contribution in [0.2, 0.25) is 0 Å². The van der Waals surface area contributed by atoms with Crippen molar-refractivity contribution in [1.82, 2.24) is 5.32 Å². The predicted octanol–water partition coefficient (Wildman–Crippen LogP) is 1.58. The second-order valence-electron chi connectivity index (χ2n) is 4.31. The Morgan fingerprint density at radius 3 is 2.71 bits per heavy atom. The number of hydrogen-bond donors (Lipinski definition) is 2. The van der Waals surface area contributed by atoms with Crippen LogP contribution >= 0.6 is 0 Å². The highest BCUT2D eigenvalue weighted by Crippen LogP contribution is 2.32. The van der Waals surface area contributed by atoms with Gasteiger partial charge in [-0.3, -0.25) is 4.79 Å². The van der Waals surface area contributed by atoms with Gasteiger partial charge in [0.25, 0.3) is 5.91 Å². The molecule has 2 rings (SSSR count). The van der Waals surface area contributed by atoms with Gasteiger partial charge < -0.3 is 14.8 Å². The topological polar surface area (TPSA) is 79.5 Å². The van der Waals surface area contributed by atoms with E-state index in [9.17, 15) is 9.59 Å². The Kier molecular flexibility index (Phi) is 2.92. The molecule has 0 aromatic carbocycles. The van der Waals surface area contributed by atoms with Crippen LogP contribution in [-0.4, -0.2) is 22.5 Å². The Morgan fingerprint density at radius 1 is 1.53 bits per heavy atom. The lowest BCUT2D eigenvalue weighted by Gasteiger charge is -2.38. The van der Waals surface area contributed by atoms with E-state index in [1.54, 1.807) is 6.07 Å². The number of carboxylic acids is 1. The van der Waals surface area contributed by atoms with E-state index in [-0.39, 0.29) is 5.91 Å². The van der Waals surface area contributed by atoms with Crippen molar-refractivity contribution in [3.8, 4) is 0 Å². The van der Waals surface area contributed by atoms with E-state index < -0.39 is 11.5 Å². The number of nitrogens with one attached hydrogen (secondary N) is 1. The van der Waals surface area contributed by atoms with E-state index in [0.29, 0.717) is 30.6 Å². The number of carbonyl (C=O) groups is 2. The lowest BCUT2D eigenvalue weighted by Crippen LogP contribution is -2.59. The first-order valence-corrected chi connectivity index (χ1v) is 5.71. The summed E-state index contributed by atoms with van der Waals surface area (Å²) in [5, 5.41) is 11.7. The van der Waals surface area contributed by atoms with Crippen LogP contribution in [0.15, 0.2) is 16.7 Å². The van der Waals surface area contributed by atoms with Crippen molar-refractivity contribution in [3.05, 3.63) is 23.7 Å². The third-order valence-electron chi connectivity index (χ3n) is 3.28. The first-order valence-electron chi connectivity index (χ1n) is 5.71. The number of hydrogen-bond acceptors (Lipinski definition) is 3. The molecule has 0 saturated heterocycles. The van der Waals surface area contributed by atoms with Crippen LogP contribution < -0.4 is 5.32 Å². The molecule has 92 valence electrons. The van der Waals surface area contributed by atoms with Gasteiger partial charge in [0.05, 0.1) is 11.8 Å². The number of aliphatic carboxylic acids is 1. The second-order valence-corrected chi connectivity index (χ2v) is 4.31. The second kappa shape index (κ2) is 4.24. The maximum absolute atomic E-state index is 12.0. The summed E-state index contributed by atoms with van der Waals surface area (Å²) in [6, 6.07) is 1.57. The van der Waals surface area contributed by atoms with Crippen LogP contribution in [0.1, 0.15) is 42.3 Å².